The molecule has 0 spiro atoms. The van der Waals surface area contributed by atoms with E-state index in [1.165, 1.54) is 0 Å². The predicted octanol–water partition coefficient (Wildman–Crippen LogP) is 2.51. The molecule has 1 aliphatic heterocycles. The third-order valence-corrected chi connectivity index (χ3v) is 4.23. The quantitative estimate of drug-likeness (QED) is 0.748. The van der Waals surface area contributed by atoms with Crippen molar-refractivity contribution in [1.29, 1.82) is 0 Å². The molecule has 0 fully saturated rings. The van der Waals surface area contributed by atoms with Gasteiger partial charge in [-0.2, -0.15) is 4.98 Å². The van der Waals surface area contributed by atoms with E-state index >= 15 is 0 Å². The topological polar surface area (TPSA) is 86.5 Å². The number of nitrogens with zero attached hydrogens (tertiary/aromatic N) is 2. The van der Waals surface area contributed by atoms with Gasteiger partial charge in [0.05, 0.1) is 6.54 Å². The summed E-state index contributed by atoms with van der Waals surface area (Å²) in [6.07, 6.45) is -0.575. The van der Waals surface area contributed by atoms with Crippen molar-refractivity contribution in [2.75, 3.05) is 0 Å². The first-order valence-electron chi connectivity index (χ1n) is 8.74. The first kappa shape index (κ1) is 17.1. The monoisotopic (exact) mass is 365 g/mol. The summed E-state index contributed by atoms with van der Waals surface area (Å²) in [7, 11) is 0. The second-order valence-electron chi connectivity index (χ2n) is 6.29. The Balaban J connectivity index is 1.34. The van der Waals surface area contributed by atoms with Crippen molar-refractivity contribution in [3.05, 3.63) is 71.9 Å². The van der Waals surface area contributed by atoms with E-state index in [9.17, 15) is 4.79 Å². The van der Waals surface area contributed by atoms with Crippen molar-refractivity contribution in [3.63, 3.8) is 0 Å². The molecule has 138 valence electrons. The average Bonchev–Trinajstić information content (AvgIpc) is 3.13. The summed E-state index contributed by atoms with van der Waals surface area (Å²) in [6, 6.07) is 17.1. The zero-order valence-corrected chi connectivity index (χ0v) is 14.8. The number of carbonyl (C=O) groups excluding carboxylic acids is 1. The average molecular weight is 365 g/mol. The summed E-state index contributed by atoms with van der Waals surface area (Å²) in [5, 5.41) is 6.72. The maximum atomic E-state index is 12.5. The Morgan fingerprint density at radius 1 is 1.04 bits per heavy atom. The van der Waals surface area contributed by atoms with Gasteiger partial charge < -0.3 is 19.3 Å². The highest BCUT2D eigenvalue weighted by Gasteiger charge is 2.34. The molecule has 1 aromatic heterocycles. The third-order valence-electron chi connectivity index (χ3n) is 4.23. The second kappa shape index (κ2) is 7.49. The number of rotatable bonds is 5. The number of benzene rings is 2. The Hall–Kier alpha value is -3.35. The molecular formula is C20H19N3O4. The van der Waals surface area contributed by atoms with Crippen LogP contribution in [-0.4, -0.2) is 28.3 Å². The van der Waals surface area contributed by atoms with E-state index in [0.29, 0.717) is 29.6 Å². The van der Waals surface area contributed by atoms with Crippen LogP contribution in [0.2, 0.25) is 0 Å². The summed E-state index contributed by atoms with van der Waals surface area (Å²) in [5.74, 6) is 1.82. The molecule has 0 radical (unpaired) electrons. The van der Waals surface area contributed by atoms with Crippen LogP contribution in [0.4, 0.5) is 0 Å². The largest absolute Gasteiger partial charge is 0.482 e. The number of amides is 1. The van der Waals surface area contributed by atoms with E-state index in [0.717, 1.165) is 5.56 Å². The van der Waals surface area contributed by atoms with E-state index < -0.39 is 12.2 Å². The fourth-order valence-corrected chi connectivity index (χ4v) is 2.88. The molecule has 1 amide bonds. The molecule has 0 saturated carbocycles. The molecule has 1 N–H and O–H groups in total. The van der Waals surface area contributed by atoms with Gasteiger partial charge in [-0.1, -0.05) is 47.6 Å². The number of ether oxygens (including phenoxy) is 2. The first-order chi connectivity index (χ1) is 13.2. The molecule has 0 bridgehead atoms. The van der Waals surface area contributed by atoms with Gasteiger partial charge >= 0.3 is 0 Å². The fraction of sp³-hybridized carbons (Fsp3) is 0.250. The number of nitrogens with one attached hydrogen (secondary N) is 1. The zero-order valence-electron chi connectivity index (χ0n) is 14.8. The minimum Gasteiger partial charge on any atom is -0.482 e. The van der Waals surface area contributed by atoms with Gasteiger partial charge in [0, 0.05) is 6.42 Å². The summed E-state index contributed by atoms with van der Waals surface area (Å²) >= 11 is 0. The highest BCUT2D eigenvalue weighted by Crippen LogP contribution is 2.33. The normalized spacial score (nSPS) is 18.1. The Bertz CT molecular complexity index is 926. The van der Waals surface area contributed by atoms with Gasteiger partial charge in [0.1, 0.15) is 6.10 Å². The molecule has 0 saturated heterocycles. The summed E-state index contributed by atoms with van der Waals surface area (Å²) in [6.45, 7) is 1.93. The maximum absolute atomic E-state index is 12.5. The van der Waals surface area contributed by atoms with Crippen molar-refractivity contribution in [1.82, 2.24) is 15.5 Å². The molecular weight excluding hydrogens is 346 g/mol. The summed E-state index contributed by atoms with van der Waals surface area (Å²) in [5.41, 5.74) is 1.09. The molecule has 0 unspecified atom stereocenters. The molecule has 1 aliphatic rings. The lowest BCUT2D eigenvalue weighted by Gasteiger charge is -2.30. The number of carbonyl (C=O) groups is 1. The second-order valence-corrected chi connectivity index (χ2v) is 6.29. The molecule has 2 heterocycles. The van der Waals surface area contributed by atoms with Gasteiger partial charge in [-0.05, 0) is 24.6 Å². The van der Waals surface area contributed by atoms with Crippen molar-refractivity contribution in [3.8, 4) is 11.5 Å². The van der Waals surface area contributed by atoms with Crippen molar-refractivity contribution in [2.24, 2.45) is 0 Å². The Kier molecular flexibility index (Phi) is 4.74. The van der Waals surface area contributed by atoms with Crippen LogP contribution in [0.25, 0.3) is 0 Å². The molecule has 27 heavy (non-hydrogen) atoms. The van der Waals surface area contributed by atoms with Crippen LogP contribution in [-0.2, 0) is 17.8 Å². The summed E-state index contributed by atoms with van der Waals surface area (Å²) in [4.78, 5) is 16.8. The lowest BCUT2D eigenvalue weighted by molar-refractivity contribution is -0.133. The zero-order chi connectivity index (χ0) is 18.6. The molecule has 3 aromatic rings. The number of hydrogen-bond donors (Lipinski definition) is 1. The number of para-hydroxylation sites is 2. The number of aromatic nitrogens is 2. The SMILES string of the molecule is C[C@H]1Oc2ccccc2O[C@H]1C(=O)NCc1nc(Cc2ccccc2)no1. The molecule has 7 heteroatoms. The fourth-order valence-electron chi connectivity index (χ4n) is 2.88. The molecule has 0 aliphatic carbocycles. The van der Waals surface area contributed by atoms with E-state index in [1.807, 2.05) is 48.5 Å². The lowest BCUT2D eigenvalue weighted by atomic mass is 10.1. The predicted molar refractivity (Wildman–Crippen MR) is 96.3 cm³/mol. The van der Waals surface area contributed by atoms with Crippen LogP contribution < -0.4 is 14.8 Å². The van der Waals surface area contributed by atoms with Gasteiger partial charge in [0.2, 0.25) is 12.0 Å². The first-order valence-corrected chi connectivity index (χ1v) is 8.74. The van der Waals surface area contributed by atoms with Gasteiger partial charge in [-0.25, -0.2) is 0 Å². The van der Waals surface area contributed by atoms with E-state index in [-0.39, 0.29) is 12.5 Å². The van der Waals surface area contributed by atoms with Gasteiger partial charge in [0.25, 0.3) is 5.91 Å². The minimum atomic E-state index is -0.744. The van der Waals surface area contributed by atoms with Crippen LogP contribution in [0.3, 0.4) is 0 Å². The van der Waals surface area contributed by atoms with Crippen molar-refractivity contribution < 1.29 is 18.8 Å². The van der Waals surface area contributed by atoms with E-state index in [1.54, 1.807) is 13.0 Å². The summed E-state index contributed by atoms with van der Waals surface area (Å²) < 4.78 is 16.7. The smallest absolute Gasteiger partial charge is 0.265 e. The van der Waals surface area contributed by atoms with Gasteiger partial charge in [0.15, 0.2) is 17.3 Å². The minimum absolute atomic E-state index is 0.134. The molecule has 4 rings (SSSR count). The van der Waals surface area contributed by atoms with Crippen LogP contribution >= 0.6 is 0 Å². The Morgan fingerprint density at radius 2 is 1.74 bits per heavy atom. The number of fused-ring (bicyclic) bond motifs is 1. The number of hydrogen-bond acceptors (Lipinski definition) is 6. The highest BCUT2D eigenvalue weighted by molar-refractivity contribution is 5.82. The van der Waals surface area contributed by atoms with Crippen LogP contribution in [0.1, 0.15) is 24.2 Å². The molecule has 2 atom stereocenters. The van der Waals surface area contributed by atoms with Gasteiger partial charge in [-0.15, -0.1) is 0 Å². The van der Waals surface area contributed by atoms with Crippen molar-refractivity contribution >= 4 is 5.91 Å². The molecule has 7 nitrogen and oxygen atoms in total. The van der Waals surface area contributed by atoms with Crippen LogP contribution in [0.5, 0.6) is 11.5 Å². The molecule has 2 aromatic carbocycles. The standard InChI is InChI=1S/C20H19N3O4/c1-13-19(26-16-10-6-5-9-15(16)25-13)20(24)21-12-18-22-17(23-27-18)11-14-7-3-2-4-8-14/h2-10,13,19H,11-12H2,1H3,(H,21,24)/t13-,19-/m1/s1. The third kappa shape index (κ3) is 3.92. The highest BCUT2D eigenvalue weighted by atomic mass is 16.6. The van der Waals surface area contributed by atoms with E-state index in [2.05, 4.69) is 15.5 Å². The maximum Gasteiger partial charge on any atom is 0.265 e. The Labute approximate surface area is 156 Å². The van der Waals surface area contributed by atoms with Gasteiger partial charge in [-0.3, -0.25) is 4.79 Å². The van der Waals surface area contributed by atoms with Crippen molar-refractivity contribution in [2.45, 2.75) is 32.1 Å². The van der Waals surface area contributed by atoms with Crippen LogP contribution in [0, 0.1) is 0 Å². The lowest BCUT2D eigenvalue weighted by Crippen LogP contribution is -2.48. The van der Waals surface area contributed by atoms with Crippen LogP contribution in [0.15, 0.2) is 59.1 Å². The van der Waals surface area contributed by atoms with E-state index in [4.69, 9.17) is 14.0 Å². The Morgan fingerprint density at radius 3 is 2.52 bits per heavy atom.